The maximum Gasteiger partial charge on any atom is 0.472 e. The number of hydrogen-bond acceptors (Lipinski definition) is 5. The van der Waals surface area contributed by atoms with Gasteiger partial charge < -0.3 is 19.8 Å². The quantitative estimate of drug-likeness (QED) is 0.0243. The van der Waals surface area contributed by atoms with Gasteiger partial charge in [-0.1, -0.05) is 233 Å². The smallest absolute Gasteiger partial charge is 0.387 e. The summed E-state index contributed by atoms with van der Waals surface area (Å²) in [6, 6.07) is -0.856. The highest BCUT2D eigenvalue weighted by Gasteiger charge is 2.27. The van der Waals surface area contributed by atoms with E-state index in [0.29, 0.717) is 17.4 Å². The summed E-state index contributed by atoms with van der Waals surface area (Å²) in [6.45, 7) is 4.69. The fourth-order valence-corrected chi connectivity index (χ4v) is 8.23. The van der Waals surface area contributed by atoms with Gasteiger partial charge in [0.1, 0.15) is 13.2 Å². The van der Waals surface area contributed by atoms with Crippen LogP contribution in [0.5, 0.6) is 0 Å². The van der Waals surface area contributed by atoms with E-state index in [0.717, 1.165) is 89.9 Å². The zero-order chi connectivity index (χ0) is 49.9. The molecule has 0 rings (SSSR count). The standard InChI is InChI=1S/C59H105N2O6P/c1-6-8-10-12-14-16-18-20-22-23-24-25-26-27-28-29-30-31-32-33-34-35-36-37-39-41-43-45-47-49-51-53-59(63)60-57(56-67-68(64,65)66-55-54-61(3,4)5)58(62)52-50-48-46-44-42-40-38-21-19-17-15-13-11-9-7-2/h8,10,14,16,20,22,24-25,27-28,30-31,33-34,50,52,57-58,62H,6-7,9,11-13,15,17-19,21,23,26,29,32,35-49,51,53-56H2,1-5H3,(H-,60,63,64,65)/p+1/b10-8-,16-14-,22-20-,25-24-,28-27-,31-30-,34-33-,52-50+. The number of hydrogen-bond donors (Lipinski definition) is 3. The van der Waals surface area contributed by atoms with Crippen molar-refractivity contribution in [2.45, 2.75) is 231 Å². The molecule has 0 aromatic heterocycles. The molecular formula is C59H106N2O6P+. The molecule has 0 bridgehead atoms. The molecule has 3 N–H and O–H groups in total. The van der Waals surface area contributed by atoms with Crippen molar-refractivity contribution in [2.75, 3.05) is 40.9 Å². The summed E-state index contributed by atoms with van der Waals surface area (Å²) >= 11 is 0. The number of likely N-dealkylation sites (N-methyl/N-ethyl adjacent to an activating group) is 1. The van der Waals surface area contributed by atoms with Crippen LogP contribution < -0.4 is 5.32 Å². The first-order valence-electron chi connectivity index (χ1n) is 27.6. The summed E-state index contributed by atoms with van der Waals surface area (Å²) in [7, 11) is 1.56. The number of nitrogens with zero attached hydrogens (tertiary/aromatic N) is 1. The van der Waals surface area contributed by atoms with Gasteiger partial charge in [0.05, 0.1) is 39.9 Å². The van der Waals surface area contributed by atoms with Gasteiger partial charge in [0.15, 0.2) is 0 Å². The van der Waals surface area contributed by atoms with E-state index in [4.69, 9.17) is 9.05 Å². The summed E-state index contributed by atoms with van der Waals surface area (Å²) < 4.78 is 23.7. The van der Waals surface area contributed by atoms with Crippen molar-refractivity contribution in [3.63, 3.8) is 0 Å². The minimum absolute atomic E-state index is 0.0559. The van der Waals surface area contributed by atoms with Gasteiger partial charge in [-0.3, -0.25) is 13.8 Å². The predicted octanol–water partition coefficient (Wildman–Crippen LogP) is 16.6. The molecule has 0 spiro atoms. The second-order valence-electron chi connectivity index (χ2n) is 19.6. The first-order chi connectivity index (χ1) is 33.0. The number of aliphatic hydroxyl groups is 1. The predicted molar refractivity (Wildman–Crippen MR) is 295 cm³/mol. The van der Waals surface area contributed by atoms with Gasteiger partial charge in [-0.2, -0.15) is 0 Å². The number of nitrogens with one attached hydrogen (secondary N) is 1. The minimum Gasteiger partial charge on any atom is -0.387 e. The summed E-state index contributed by atoms with van der Waals surface area (Å²) in [4.78, 5) is 23.3. The molecule has 0 aliphatic carbocycles. The summed E-state index contributed by atoms with van der Waals surface area (Å²) in [5, 5.41) is 13.9. The lowest BCUT2D eigenvalue weighted by atomic mass is 10.0. The van der Waals surface area contributed by atoms with E-state index in [2.05, 4.69) is 104 Å². The number of carbonyl (C=O) groups excluding carboxylic acids is 1. The van der Waals surface area contributed by atoms with Gasteiger partial charge in [0.25, 0.3) is 0 Å². The van der Waals surface area contributed by atoms with Crippen LogP contribution in [0.4, 0.5) is 0 Å². The molecule has 0 fully saturated rings. The average Bonchev–Trinajstić information content (AvgIpc) is 3.30. The van der Waals surface area contributed by atoms with Crippen molar-refractivity contribution in [3.05, 3.63) is 97.2 Å². The highest BCUT2D eigenvalue weighted by Crippen LogP contribution is 2.43. The number of allylic oxidation sites excluding steroid dienone is 15. The van der Waals surface area contributed by atoms with Crippen molar-refractivity contribution in [1.82, 2.24) is 5.32 Å². The summed E-state index contributed by atoms with van der Waals surface area (Å²) in [5.41, 5.74) is 0. The van der Waals surface area contributed by atoms with Gasteiger partial charge in [-0.05, 0) is 77.0 Å². The third-order valence-corrected chi connectivity index (χ3v) is 12.8. The van der Waals surface area contributed by atoms with Crippen LogP contribution in [0.3, 0.4) is 0 Å². The zero-order valence-corrected chi connectivity index (χ0v) is 45.5. The topological polar surface area (TPSA) is 105 Å². The molecule has 0 aromatic rings. The van der Waals surface area contributed by atoms with Gasteiger partial charge in [0.2, 0.25) is 5.91 Å². The third kappa shape index (κ3) is 51.3. The van der Waals surface area contributed by atoms with Crippen LogP contribution in [-0.2, 0) is 18.4 Å². The van der Waals surface area contributed by atoms with Crippen molar-refractivity contribution < 1.29 is 32.9 Å². The van der Waals surface area contributed by atoms with Crippen LogP contribution in [0, 0.1) is 0 Å². The molecule has 3 unspecified atom stereocenters. The minimum atomic E-state index is -4.35. The van der Waals surface area contributed by atoms with Crippen molar-refractivity contribution in [2.24, 2.45) is 0 Å². The Balaban J connectivity index is 4.22. The normalized spacial score (nSPS) is 14.8. The fraction of sp³-hybridized carbons (Fsp3) is 0.712. The Morgan fingerprint density at radius 1 is 0.515 bits per heavy atom. The monoisotopic (exact) mass is 970 g/mol. The molecule has 8 nitrogen and oxygen atoms in total. The van der Waals surface area contributed by atoms with Crippen molar-refractivity contribution in [1.29, 1.82) is 0 Å². The number of amides is 1. The zero-order valence-electron chi connectivity index (χ0n) is 44.6. The lowest BCUT2D eigenvalue weighted by Gasteiger charge is -2.25. The Kier molecular flexibility index (Phi) is 47.5. The van der Waals surface area contributed by atoms with Crippen molar-refractivity contribution >= 4 is 13.7 Å². The number of phosphoric ester groups is 1. The Morgan fingerprint density at radius 2 is 0.882 bits per heavy atom. The van der Waals surface area contributed by atoms with Crippen LogP contribution in [0.2, 0.25) is 0 Å². The lowest BCUT2D eigenvalue weighted by molar-refractivity contribution is -0.870. The van der Waals surface area contributed by atoms with Crippen LogP contribution in [0.1, 0.15) is 219 Å². The molecule has 0 aromatic carbocycles. The van der Waals surface area contributed by atoms with E-state index in [1.54, 1.807) is 6.08 Å². The highest BCUT2D eigenvalue weighted by molar-refractivity contribution is 7.47. The molecule has 3 atom stereocenters. The number of quaternary nitrogens is 1. The molecule has 0 saturated heterocycles. The van der Waals surface area contributed by atoms with Gasteiger partial charge >= 0.3 is 7.82 Å². The lowest BCUT2D eigenvalue weighted by Crippen LogP contribution is -2.45. The number of carbonyl (C=O) groups is 1. The molecular weight excluding hydrogens is 864 g/mol. The van der Waals surface area contributed by atoms with E-state index in [9.17, 15) is 19.4 Å². The maximum absolute atomic E-state index is 13.0. The third-order valence-electron chi connectivity index (χ3n) is 11.8. The molecule has 392 valence electrons. The van der Waals surface area contributed by atoms with Crippen LogP contribution >= 0.6 is 7.82 Å². The first-order valence-corrected chi connectivity index (χ1v) is 29.1. The molecule has 1 amide bonds. The number of aliphatic hydroxyl groups excluding tert-OH is 1. The average molecular weight is 970 g/mol. The Bertz CT molecular complexity index is 1420. The van der Waals surface area contributed by atoms with Gasteiger partial charge in [-0.15, -0.1) is 0 Å². The SMILES string of the molecule is CC/C=C\C/C=C\C/C=C\C/C=C\C/C=C\C/C=C\C/C=C\CCCCCCCCCCCC(=O)NC(COP(=O)(O)OCC[N+](C)(C)C)C(O)/C=C/CCCCCCCCCCCCCCC. The van der Waals surface area contributed by atoms with Gasteiger partial charge in [-0.25, -0.2) is 4.57 Å². The van der Waals surface area contributed by atoms with Gasteiger partial charge in [0, 0.05) is 6.42 Å². The molecule has 9 heteroatoms. The molecule has 68 heavy (non-hydrogen) atoms. The Morgan fingerprint density at radius 3 is 1.29 bits per heavy atom. The molecule has 0 heterocycles. The number of rotatable bonds is 49. The summed E-state index contributed by atoms with van der Waals surface area (Å²) in [5.74, 6) is -0.187. The second-order valence-corrected chi connectivity index (χ2v) is 21.0. The van der Waals surface area contributed by atoms with Crippen LogP contribution in [0.15, 0.2) is 97.2 Å². The highest BCUT2D eigenvalue weighted by atomic mass is 31.2. The van der Waals surface area contributed by atoms with Crippen LogP contribution in [0.25, 0.3) is 0 Å². The number of unbranched alkanes of at least 4 members (excludes halogenated alkanes) is 22. The largest absolute Gasteiger partial charge is 0.472 e. The number of phosphoric acid groups is 1. The van der Waals surface area contributed by atoms with E-state index in [1.807, 2.05) is 27.2 Å². The molecule has 0 aliphatic heterocycles. The molecule has 0 aliphatic rings. The van der Waals surface area contributed by atoms with E-state index >= 15 is 0 Å². The van der Waals surface area contributed by atoms with E-state index in [1.165, 1.54) is 109 Å². The second kappa shape index (κ2) is 49.4. The molecule has 0 radical (unpaired) electrons. The summed E-state index contributed by atoms with van der Waals surface area (Å²) in [6.07, 6.45) is 70.6. The Labute approximate surface area is 419 Å². The maximum atomic E-state index is 13.0. The van der Waals surface area contributed by atoms with E-state index < -0.39 is 20.0 Å². The fourth-order valence-electron chi connectivity index (χ4n) is 7.49. The van der Waals surface area contributed by atoms with E-state index in [-0.39, 0.29) is 19.1 Å². The first kappa shape index (κ1) is 65.4. The molecule has 0 saturated carbocycles. The van der Waals surface area contributed by atoms with Crippen molar-refractivity contribution in [3.8, 4) is 0 Å². The van der Waals surface area contributed by atoms with Crippen LogP contribution in [-0.4, -0.2) is 73.4 Å². The Hall–Kier alpha value is -2.58.